The van der Waals surface area contributed by atoms with Gasteiger partial charge in [0.05, 0.1) is 18.5 Å². The zero-order valence-corrected chi connectivity index (χ0v) is 12.7. The molecular weight excluding hydrogens is 274 g/mol. The van der Waals surface area contributed by atoms with Gasteiger partial charge in [0.25, 0.3) is 0 Å². The lowest BCUT2D eigenvalue weighted by molar-refractivity contribution is -0.135. The number of benzene rings is 1. The Morgan fingerprint density at radius 3 is 2.55 bits per heavy atom. The normalized spacial score (nSPS) is 17.2. The second kappa shape index (κ2) is 6.99. The van der Waals surface area contributed by atoms with Crippen molar-refractivity contribution in [1.82, 2.24) is 4.90 Å². The summed E-state index contributed by atoms with van der Waals surface area (Å²) in [6.07, 6.45) is 0. The standard InChI is InChI=1S/C15H21NO3S/c1-11(2)14(15(18)16-7-9-19-10-8-16)20-13-6-4-3-5-12(13)17/h3-6,11,14,17H,7-10H2,1-2H3/t14-/m0/s1. The fourth-order valence-electron chi connectivity index (χ4n) is 2.13. The van der Waals surface area contributed by atoms with Crippen molar-refractivity contribution in [2.24, 2.45) is 5.92 Å². The van der Waals surface area contributed by atoms with E-state index in [0.717, 1.165) is 4.90 Å². The Morgan fingerprint density at radius 1 is 1.30 bits per heavy atom. The summed E-state index contributed by atoms with van der Waals surface area (Å²) < 4.78 is 5.29. The van der Waals surface area contributed by atoms with Crippen LogP contribution in [-0.4, -0.2) is 47.5 Å². The SMILES string of the molecule is CC(C)[C@H](Sc1ccccc1O)C(=O)N1CCOCC1. The van der Waals surface area contributed by atoms with Crippen molar-refractivity contribution in [1.29, 1.82) is 0 Å². The van der Waals surface area contributed by atoms with Crippen LogP contribution in [0, 0.1) is 5.92 Å². The topological polar surface area (TPSA) is 49.8 Å². The molecule has 0 unspecified atom stereocenters. The second-order valence-corrected chi connectivity index (χ2v) is 6.37. The van der Waals surface area contributed by atoms with Crippen LogP contribution in [0.4, 0.5) is 0 Å². The Balaban J connectivity index is 2.10. The molecule has 1 fully saturated rings. The number of ether oxygens (including phenoxy) is 1. The van der Waals surface area contributed by atoms with E-state index in [-0.39, 0.29) is 22.8 Å². The fourth-order valence-corrected chi connectivity index (χ4v) is 3.27. The van der Waals surface area contributed by atoms with Crippen molar-refractivity contribution >= 4 is 17.7 Å². The van der Waals surface area contributed by atoms with Gasteiger partial charge < -0.3 is 14.7 Å². The van der Waals surface area contributed by atoms with E-state index in [9.17, 15) is 9.90 Å². The number of amides is 1. The van der Waals surface area contributed by atoms with Crippen LogP contribution in [0.15, 0.2) is 29.2 Å². The van der Waals surface area contributed by atoms with Crippen LogP contribution < -0.4 is 0 Å². The summed E-state index contributed by atoms with van der Waals surface area (Å²) in [5.74, 6) is 0.574. The molecule has 1 aromatic carbocycles. The number of carbonyl (C=O) groups is 1. The molecule has 0 aromatic heterocycles. The van der Waals surface area contributed by atoms with E-state index in [1.165, 1.54) is 11.8 Å². The van der Waals surface area contributed by atoms with Crippen molar-refractivity contribution < 1.29 is 14.6 Å². The van der Waals surface area contributed by atoms with Crippen LogP contribution in [0.2, 0.25) is 0 Å². The largest absolute Gasteiger partial charge is 0.507 e. The average Bonchev–Trinajstić information content (AvgIpc) is 2.46. The van der Waals surface area contributed by atoms with Gasteiger partial charge in [-0.1, -0.05) is 26.0 Å². The Labute approximate surface area is 124 Å². The molecule has 0 bridgehead atoms. The fraction of sp³-hybridized carbons (Fsp3) is 0.533. The minimum atomic E-state index is -0.179. The van der Waals surface area contributed by atoms with Crippen LogP contribution in [0.3, 0.4) is 0 Å². The smallest absolute Gasteiger partial charge is 0.236 e. The molecule has 0 radical (unpaired) electrons. The van der Waals surface area contributed by atoms with Gasteiger partial charge in [-0.3, -0.25) is 4.79 Å². The molecule has 1 atom stereocenters. The monoisotopic (exact) mass is 295 g/mol. The number of phenols is 1. The van der Waals surface area contributed by atoms with Gasteiger partial charge in [-0.15, -0.1) is 11.8 Å². The molecule has 1 heterocycles. The first kappa shape index (κ1) is 15.2. The van der Waals surface area contributed by atoms with Crippen LogP contribution in [0.5, 0.6) is 5.75 Å². The van der Waals surface area contributed by atoms with Crippen molar-refractivity contribution in [3.63, 3.8) is 0 Å². The predicted molar refractivity (Wildman–Crippen MR) is 80.0 cm³/mol. The lowest BCUT2D eigenvalue weighted by Gasteiger charge is -2.31. The van der Waals surface area contributed by atoms with Crippen molar-refractivity contribution in [2.75, 3.05) is 26.3 Å². The van der Waals surface area contributed by atoms with Crippen molar-refractivity contribution in [3.05, 3.63) is 24.3 Å². The summed E-state index contributed by atoms with van der Waals surface area (Å²) in [6, 6.07) is 7.16. The van der Waals surface area contributed by atoms with Crippen LogP contribution in [-0.2, 0) is 9.53 Å². The minimum absolute atomic E-state index is 0.136. The molecule has 0 saturated carbocycles. The quantitative estimate of drug-likeness (QED) is 0.866. The number of morpholine rings is 1. The summed E-state index contributed by atoms with van der Waals surface area (Å²) in [7, 11) is 0. The zero-order chi connectivity index (χ0) is 14.5. The molecule has 2 rings (SSSR count). The third kappa shape index (κ3) is 3.67. The van der Waals surface area contributed by atoms with E-state index in [2.05, 4.69) is 0 Å². The summed E-state index contributed by atoms with van der Waals surface area (Å²) >= 11 is 1.44. The maximum atomic E-state index is 12.6. The molecular formula is C15H21NO3S. The molecule has 110 valence electrons. The second-order valence-electron chi connectivity index (χ2n) is 5.19. The highest BCUT2D eigenvalue weighted by Gasteiger charge is 2.29. The summed E-state index contributed by atoms with van der Waals surface area (Å²) in [4.78, 5) is 15.2. The average molecular weight is 295 g/mol. The third-order valence-corrected chi connectivity index (χ3v) is 4.89. The number of nitrogens with zero attached hydrogens (tertiary/aromatic N) is 1. The number of aromatic hydroxyl groups is 1. The molecule has 1 aliphatic rings. The number of para-hydroxylation sites is 1. The highest BCUT2D eigenvalue weighted by molar-refractivity contribution is 8.00. The molecule has 5 heteroatoms. The molecule has 1 aliphatic heterocycles. The molecule has 0 spiro atoms. The van der Waals surface area contributed by atoms with Gasteiger partial charge in [-0.2, -0.15) is 0 Å². The lowest BCUT2D eigenvalue weighted by Crippen LogP contribution is -2.46. The maximum Gasteiger partial charge on any atom is 0.236 e. The van der Waals surface area contributed by atoms with Gasteiger partial charge >= 0.3 is 0 Å². The van der Waals surface area contributed by atoms with Gasteiger partial charge in [0.2, 0.25) is 5.91 Å². The first-order chi connectivity index (χ1) is 9.59. The van der Waals surface area contributed by atoms with Gasteiger partial charge in [-0.05, 0) is 18.1 Å². The summed E-state index contributed by atoms with van der Waals surface area (Å²) in [6.45, 7) is 6.61. The summed E-state index contributed by atoms with van der Waals surface area (Å²) in [5.41, 5.74) is 0. The number of hydrogen-bond acceptors (Lipinski definition) is 4. The number of thioether (sulfide) groups is 1. The Bertz CT molecular complexity index is 458. The van der Waals surface area contributed by atoms with E-state index in [0.29, 0.717) is 26.3 Å². The zero-order valence-electron chi connectivity index (χ0n) is 11.9. The van der Waals surface area contributed by atoms with Crippen LogP contribution in [0.1, 0.15) is 13.8 Å². The number of hydrogen-bond donors (Lipinski definition) is 1. The van der Waals surface area contributed by atoms with E-state index in [1.54, 1.807) is 12.1 Å². The third-order valence-electron chi connectivity index (χ3n) is 3.29. The molecule has 0 aliphatic carbocycles. The number of carbonyl (C=O) groups excluding carboxylic acids is 1. The predicted octanol–water partition coefficient (Wildman–Crippen LogP) is 2.37. The van der Waals surface area contributed by atoms with Crippen molar-refractivity contribution in [2.45, 2.75) is 24.0 Å². The first-order valence-corrected chi connectivity index (χ1v) is 7.78. The van der Waals surface area contributed by atoms with Crippen LogP contribution in [0.25, 0.3) is 0 Å². The highest BCUT2D eigenvalue weighted by Crippen LogP contribution is 2.35. The molecule has 4 nitrogen and oxygen atoms in total. The van der Waals surface area contributed by atoms with Gasteiger partial charge in [0, 0.05) is 18.0 Å². The highest BCUT2D eigenvalue weighted by atomic mass is 32.2. The maximum absolute atomic E-state index is 12.6. The van der Waals surface area contributed by atoms with Crippen LogP contribution >= 0.6 is 11.8 Å². The number of phenolic OH excluding ortho intramolecular Hbond substituents is 1. The Morgan fingerprint density at radius 2 is 1.95 bits per heavy atom. The van der Waals surface area contributed by atoms with Crippen molar-refractivity contribution in [3.8, 4) is 5.75 Å². The molecule has 1 N–H and O–H groups in total. The van der Waals surface area contributed by atoms with Gasteiger partial charge in [0.15, 0.2) is 0 Å². The number of rotatable bonds is 4. The Hall–Kier alpha value is -1.20. The molecule has 1 aromatic rings. The summed E-state index contributed by atoms with van der Waals surface area (Å²) in [5, 5.41) is 9.69. The first-order valence-electron chi connectivity index (χ1n) is 6.91. The van der Waals surface area contributed by atoms with Gasteiger partial charge in [-0.25, -0.2) is 0 Å². The van der Waals surface area contributed by atoms with Gasteiger partial charge in [0.1, 0.15) is 5.75 Å². The minimum Gasteiger partial charge on any atom is -0.507 e. The van der Waals surface area contributed by atoms with E-state index >= 15 is 0 Å². The lowest BCUT2D eigenvalue weighted by atomic mass is 10.1. The van der Waals surface area contributed by atoms with E-state index < -0.39 is 0 Å². The molecule has 1 saturated heterocycles. The van der Waals surface area contributed by atoms with E-state index in [1.807, 2.05) is 30.9 Å². The molecule has 20 heavy (non-hydrogen) atoms. The molecule has 1 amide bonds. The van der Waals surface area contributed by atoms with E-state index in [4.69, 9.17) is 4.74 Å². The Kier molecular flexibility index (Phi) is 5.31.